The normalized spacial score (nSPS) is 9.95. The van der Waals surface area contributed by atoms with Crippen molar-refractivity contribution in [2.45, 2.75) is 6.92 Å². The van der Waals surface area contributed by atoms with Gasteiger partial charge in [0.2, 0.25) is 5.88 Å². The van der Waals surface area contributed by atoms with Gasteiger partial charge in [0.05, 0.1) is 5.56 Å². The number of nitrogens with two attached hydrogens (primary N) is 1. The fraction of sp³-hybridized carbons (Fsp3) is 0.143. The van der Waals surface area contributed by atoms with Gasteiger partial charge in [0.1, 0.15) is 11.6 Å². The number of benzene rings is 1. The molecule has 5 nitrogen and oxygen atoms in total. The minimum atomic E-state index is -0.529. The highest BCUT2D eigenvalue weighted by Crippen LogP contribution is 2.24. The van der Waals surface area contributed by atoms with E-state index in [0.29, 0.717) is 17.2 Å². The first-order valence-corrected chi connectivity index (χ1v) is 5.98. The Morgan fingerprint density at radius 1 is 1.26 bits per heavy atom. The second-order valence-electron chi connectivity index (χ2n) is 3.85. The summed E-state index contributed by atoms with van der Waals surface area (Å²) in [6.45, 7) is 2.76. The van der Waals surface area contributed by atoms with Crippen LogP contribution in [-0.4, -0.2) is 17.4 Å². The Bertz CT molecular complexity index is 584. The predicted molar refractivity (Wildman–Crippen MR) is 73.4 cm³/mol. The minimum absolute atomic E-state index is 0.332. The number of nitrogens with zero attached hydrogens (tertiary/aromatic N) is 1. The lowest BCUT2D eigenvalue weighted by molar-refractivity contribution is 0.0998. The van der Waals surface area contributed by atoms with E-state index in [2.05, 4.69) is 10.3 Å². The van der Waals surface area contributed by atoms with Crippen LogP contribution in [0.5, 0.6) is 11.6 Å². The molecule has 0 saturated heterocycles. The Morgan fingerprint density at radius 3 is 2.79 bits per heavy atom. The zero-order valence-corrected chi connectivity index (χ0v) is 10.6. The second kappa shape index (κ2) is 5.86. The maximum Gasteiger partial charge on any atom is 0.252 e. The largest absolute Gasteiger partial charge is 0.438 e. The number of hydrogen-bond acceptors (Lipinski definition) is 4. The molecule has 0 spiro atoms. The average molecular weight is 257 g/mol. The molecule has 0 radical (unpaired) electrons. The van der Waals surface area contributed by atoms with E-state index in [0.717, 1.165) is 12.4 Å². The van der Waals surface area contributed by atoms with Crippen molar-refractivity contribution in [3.8, 4) is 11.6 Å². The van der Waals surface area contributed by atoms with Crippen LogP contribution in [0.4, 0.5) is 5.82 Å². The fourth-order valence-corrected chi connectivity index (χ4v) is 1.62. The van der Waals surface area contributed by atoms with Gasteiger partial charge in [-0.25, -0.2) is 0 Å². The van der Waals surface area contributed by atoms with E-state index in [1.807, 2.05) is 19.1 Å². The van der Waals surface area contributed by atoms with Gasteiger partial charge >= 0.3 is 0 Å². The minimum Gasteiger partial charge on any atom is -0.438 e. The van der Waals surface area contributed by atoms with Crippen LogP contribution in [-0.2, 0) is 0 Å². The first kappa shape index (κ1) is 12.9. The Balaban J connectivity index is 2.26. The summed E-state index contributed by atoms with van der Waals surface area (Å²) in [5.41, 5.74) is 5.63. The molecule has 0 saturated carbocycles. The fourth-order valence-electron chi connectivity index (χ4n) is 1.62. The van der Waals surface area contributed by atoms with Gasteiger partial charge in [-0.1, -0.05) is 18.2 Å². The Labute approximate surface area is 111 Å². The number of ether oxygens (including phenoxy) is 1. The zero-order valence-electron chi connectivity index (χ0n) is 10.6. The molecule has 5 heteroatoms. The van der Waals surface area contributed by atoms with E-state index < -0.39 is 5.91 Å². The number of carbonyl (C=O) groups excluding carboxylic acids is 1. The van der Waals surface area contributed by atoms with Gasteiger partial charge < -0.3 is 15.8 Å². The number of aromatic nitrogens is 1. The van der Waals surface area contributed by atoms with Crippen LogP contribution in [0, 0.1) is 0 Å². The van der Waals surface area contributed by atoms with Gasteiger partial charge in [0.15, 0.2) is 0 Å². The second-order valence-corrected chi connectivity index (χ2v) is 3.85. The number of para-hydroxylation sites is 1. The first-order chi connectivity index (χ1) is 9.20. The van der Waals surface area contributed by atoms with Gasteiger partial charge in [-0.2, -0.15) is 4.98 Å². The topological polar surface area (TPSA) is 77.2 Å². The monoisotopic (exact) mass is 257 g/mol. The molecular formula is C14H15N3O2. The zero-order chi connectivity index (χ0) is 13.7. The standard InChI is InChI=1S/C14H15N3O2/c1-2-16-12-8-5-9-13(17-12)19-11-7-4-3-6-10(11)14(15)18/h3-9H,2H2,1H3,(H2,15,18)(H,16,17). The summed E-state index contributed by atoms with van der Waals surface area (Å²) in [6.07, 6.45) is 0. The molecule has 0 aliphatic rings. The molecule has 0 atom stereocenters. The van der Waals surface area contributed by atoms with Crippen molar-refractivity contribution in [2.75, 3.05) is 11.9 Å². The predicted octanol–water partition coefficient (Wildman–Crippen LogP) is 2.40. The number of pyridine rings is 1. The first-order valence-electron chi connectivity index (χ1n) is 5.98. The van der Waals surface area contributed by atoms with Crippen LogP contribution in [0.25, 0.3) is 0 Å². The van der Waals surface area contributed by atoms with Crippen molar-refractivity contribution in [3.05, 3.63) is 48.0 Å². The van der Waals surface area contributed by atoms with Crippen molar-refractivity contribution < 1.29 is 9.53 Å². The molecule has 1 aromatic heterocycles. The Hall–Kier alpha value is -2.56. The molecule has 1 heterocycles. The summed E-state index contributed by atoms with van der Waals surface area (Å²) in [6, 6.07) is 12.2. The van der Waals surface area contributed by atoms with E-state index in [1.165, 1.54) is 0 Å². The van der Waals surface area contributed by atoms with Crippen LogP contribution >= 0.6 is 0 Å². The number of hydrogen-bond donors (Lipinski definition) is 2. The van der Waals surface area contributed by atoms with E-state index in [-0.39, 0.29) is 0 Å². The van der Waals surface area contributed by atoms with Crippen LogP contribution < -0.4 is 15.8 Å². The lowest BCUT2D eigenvalue weighted by atomic mass is 10.2. The number of amides is 1. The molecule has 19 heavy (non-hydrogen) atoms. The molecule has 1 aromatic carbocycles. The molecule has 3 N–H and O–H groups in total. The quantitative estimate of drug-likeness (QED) is 0.862. The van der Waals surface area contributed by atoms with Crippen molar-refractivity contribution in [1.82, 2.24) is 4.98 Å². The summed E-state index contributed by atoms with van der Waals surface area (Å²) >= 11 is 0. The number of rotatable bonds is 5. The molecule has 98 valence electrons. The summed E-state index contributed by atoms with van der Waals surface area (Å²) in [5, 5.41) is 3.09. The summed E-state index contributed by atoms with van der Waals surface area (Å²) < 4.78 is 5.61. The molecule has 0 fully saturated rings. The molecule has 2 aromatic rings. The van der Waals surface area contributed by atoms with Crippen LogP contribution in [0.1, 0.15) is 17.3 Å². The molecule has 0 aliphatic heterocycles. The highest BCUT2D eigenvalue weighted by molar-refractivity contribution is 5.95. The van der Waals surface area contributed by atoms with Crippen LogP contribution in [0.3, 0.4) is 0 Å². The smallest absolute Gasteiger partial charge is 0.252 e. The molecule has 1 amide bonds. The third-order valence-corrected chi connectivity index (χ3v) is 2.45. The lowest BCUT2D eigenvalue weighted by Gasteiger charge is -2.09. The van der Waals surface area contributed by atoms with Gasteiger partial charge in [-0.3, -0.25) is 4.79 Å². The molecule has 0 bridgehead atoms. The van der Waals surface area contributed by atoms with Gasteiger partial charge in [0.25, 0.3) is 5.91 Å². The maximum absolute atomic E-state index is 11.3. The van der Waals surface area contributed by atoms with Crippen LogP contribution in [0.2, 0.25) is 0 Å². The molecule has 2 rings (SSSR count). The lowest BCUT2D eigenvalue weighted by Crippen LogP contribution is -2.12. The highest BCUT2D eigenvalue weighted by atomic mass is 16.5. The number of primary amides is 1. The third kappa shape index (κ3) is 3.22. The van der Waals surface area contributed by atoms with Gasteiger partial charge in [-0.05, 0) is 25.1 Å². The average Bonchev–Trinajstić information content (AvgIpc) is 2.40. The third-order valence-electron chi connectivity index (χ3n) is 2.45. The SMILES string of the molecule is CCNc1cccc(Oc2ccccc2C(N)=O)n1. The number of anilines is 1. The number of nitrogens with one attached hydrogen (secondary N) is 1. The van der Waals surface area contributed by atoms with Crippen molar-refractivity contribution in [2.24, 2.45) is 5.73 Å². The van der Waals surface area contributed by atoms with E-state index >= 15 is 0 Å². The van der Waals surface area contributed by atoms with Crippen molar-refractivity contribution >= 4 is 11.7 Å². The highest BCUT2D eigenvalue weighted by Gasteiger charge is 2.09. The van der Waals surface area contributed by atoms with Crippen LogP contribution in [0.15, 0.2) is 42.5 Å². The maximum atomic E-state index is 11.3. The molecule has 0 aliphatic carbocycles. The summed E-state index contributed by atoms with van der Waals surface area (Å²) in [4.78, 5) is 15.6. The summed E-state index contributed by atoms with van der Waals surface area (Å²) in [7, 11) is 0. The van der Waals surface area contributed by atoms with Gasteiger partial charge in [-0.15, -0.1) is 0 Å². The van der Waals surface area contributed by atoms with E-state index in [9.17, 15) is 4.79 Å². The Morgan fingerprint density at radius 2 is 2.05 bits per heavy atom. The van der Waals surface area contributed by atoms with E-state index in [4.69, 9.17) is 10.5 Å². The summed E-state index contributed by atoms with van der Waals surface area (Å²) in [5.74, 6) is 0.998. The van der Waals surface area contributed by atoms with Crippen molar-refractivity contribution in [1.29, 1.82) is 0 Å². The van der Waals surface area contributed by atoms with Gasteiger partial charge in [0, 0.05) is 12.6 Å². The molecule has 0 unspecified atom stereocenters. The Kier molecular flexibility index (Phi) is 3.97. The van der Waals surface area contributed by atoms with Crippen molar-refractivity contribution in [3.63, 3.8) is 0 Å². The van der Waals surface area contributed by atoms with E-state index in [1.54, 1.807) is 30.3 Å². The molecular weight excluding hydrogens is 242 g/mol. The number of carbonyl (C=O) groups is 1.